The van der Waals surface area contributed by atoms with E-state index in [9.17, 15) is 0 Å². The van der Waals surface area contributed by atoms with Gasteiger partial charge < -0.3 is 0 Å². The highest BCUT2D eigenvalue weighted by molar-refractivity contribution is 5.85. The molecule has 0 N–H and O–H groups in total. The van der Waals surface area contributed by atoms with Crippen LogP contribution in [0.25, 0.3) is 0 Å². The molecule has 1 aliphatic rings. The number of hydrogen-bond donors (Lipinski definition) is 0. The molecule has 0 spiro atoms. The number of hydrogen-bond acceptors (Lipinski definition) is 1. The molecular weight excluding hydrogens is 230 g/mol. The first-order valence-electron chi connectivity index (χ1n) is 6.71. The van der Waals surface area contributed by atoms with Gasteiger partial charge in [0.25, 0.3) is 0 Å². The lowest BCUT2D eigenvalue weighted by Crippen LogP contribution is -2.25. The third-order valence-corrected chi connectivity index (χ3v) is 3.60. The zero-order chi connectivity index (χ0) is 11.2. The maximum Gasteiger partial charge on any atom is 0.0348 e. The quantitative estimate of drug-likeness (QED) is 0.750. The maximum absolute atomic E-state index is 2.67. The van der Waals surface area contributed by atoms with Crippen molar-refractivity contribution < 1.29 is 0 Å². The molecule has 1 aliphatic heterocycles. The van der Waals surface area contributed by atoms with Crippen molar-refractivity contribution in [2.45, 2.75) is 45.1 Å². The van der Waals surface area contributed by atoms with Gasteiger partial charge in [-0.1, -0.05) is 50.1 Å². The van der Waals surface area contributed by atoms with E-state index in [1.165, 1.54) is 50.8 Å². The summed E-state index contributed by atoms with van der Waals surface area (Å²) in [6, 6.07) is 11.7. The van der Waals surface area contributed by atoms with Crippen LogP contribution in [0.15, 0.2) is 30.3 Å². The normalized spacial score (nSPS) is 17.7. The highest BCUT2D eigenvalue weighted by Gasteiger charge is 2.22. The average Bonchev–Trinajstić information content (AvgIpc) is 2.85. The number of likely N-dealkylation sites (tertiary alicyclic amines) is 1. The van der Waals surface area contributed by atoms with E-state index in [4.69, 9.17) is 0 Å². The van der Waals surface area contributed by atoms with Crippen LogP contribution in [0.4, 0.5) is 0 Å². The fraction of sp³-hybridized carbons (Fsp3) is 0.600. The minimum Gasteiger partial charge on any atom is -0.296 e. The third-order valence-electron chi connectivity index (χ3n) is 3.60. The van der Waals surface area contributed by atoms with Gasteiger partial charge in [-0.2, -0.15) is 0 Å². The lowest BCUT2D eigenvalue weighted by molar-refractivity contribution is 0.229. The lowest BCUT2D eigenvalue weighted by atomic mass is 10.00. The van der Waals surface area contributed by atoms with E-state index in [1.807, 2.05) is 0 Å². The zero-order valence-corrected chi connectivity index (χ0v) is 11.6. The average molecular weight is 254 g/mol. The Morgan fingerprint density at radius 1 is 1.12 bits per heavy atom. The van der Waals surface area contributed by atoms with Gasteiger partial charge in [-0.05, 0) is 37.9 Å². The molecule has 1 fully saturated rings. The Morgan fingerprint density at radius 3 is 2.35 bits per heavy atom. The van der Waals surface area contributed by atoms with Gasteiger partial charge in [0.2, 0.25) is 0 Å². The van der Waals surface area contributed by atoms with Crippen molar-refractivity contribution in [2.75, 3.05) is 13.1 Å². The van der Waals surface area contributed by atoms with E-state index in [0.717, 1.165) is 0 Å². The van der Waals surface area contributed by atoms with Crippen molar-refractivity contribution in [3.05, 3.63) is 35.9 Å². The van der Waals surface area contributed by atoms with Crippen LogP contribution in [0.1, 0.15) is 50.6 Å². The predicted molar refractivity (Wildman–Crippen MR) is 76.8 cm³/mol. The van der Waals surface area contributed by atoms with Crippen molar-refractivity contribution in [3.63, 3.8) is 0 Å². The minimum atomic E-state index is 0. The molecule has 1 unspecified atom stereocenters. The SMILES string of the molecule is CCCCC(c1ccccc1)N1CCCC1.Cl. The van der Waals surface area contributed by atoms with Gasteiger partial charge in [0, 0.05) is 6.04 Å². The summed E-state index contributed by atoms with van der Waals surface area (Å²) in [7, 11) is 0. The molecule has 0 bridgehead atoms. The highest BCUT2D eigenvalue weighted by atomic mass is 35.5. The molecule has 0 aromatic heterocycles. The third kappa shape index (κ3) is 4.01. The van der Waals surface area contributed by atoms with Crippen molar-refractivity contribution in [1.82, 2.24) is 4.90 Å². The standard InChI is InChI=1S/C15H23N.ClH/c1-2-3-11-15(16-12-7-8-13-16)14-9-5-4-6-10-14;/h4-6,9-10,15H,2-3,7-8,11-13H2,1H3;1H. The van der Waals surface area contributed by atoms with Gasteiger partial charge in [0.1, 0.15) is 0 Å². The van der Waals surface area contributed by atoms with Gasteiger partial charge in [-0.3, -0.25) is 4.90 Å². The summed E-state index contributed by atoms with van der Waals surface area (Å²) in [6.07, 6.45) is 6.73. The Kier molecular flexibility index (Phi) is 6.61. The number of rotatable bonds is 5. The second-order valence-electron chi connectivity index (χ2n) is 4.81. The molecule has 17 heavy (non-hydrogen) atoms. The first-order valence-corrected chi connectivity index (χ1v) is 6.71. The fourth-order valence-corrected chi connectivity index (χ4v) is 2.69. The van der Waals surface area contributed by atoms with E-state index in [-0.39, 0.29) is 12.4 Å². The molecule has 0 radical (unpaired) electrons. The molecule has 2 rings (SSSR count). The lowest BCUT2D eigenvalue weighted by Gasteiger charge is -2.28. The molecule has 0 aliphatic carbocycles. The Balaban J connectivity index is 0.00000144. The smallest absolute Gasteiger partial charge is 0.0348 e. The van der Waals surface area contributed by atoms with Crippen LogP contribution >= 0.6 is 12.4 Å². The van der Waals surface area contributed by atoms with Crippen molar-refractivity contribution in [2.24, 2.45) is 0 Å². The van der Waals surface area contributed by atoms with Crippen LogP contribution in [0.3, 0.4) is 0 Å². The Hall–Kier alpha value is -0.530. The van der Waals surface area contributed by atoms with Crippen LogP contribution in [0.5, 0.6) is 0 Å². The summed E-state index contributed by atoms with van der Waals surface area (Å²) in [5.41, 5.74) is 1.51. The number of halogens is 1. The second kappa shape index (κ2) is 7.73. The van der Waals surface area contributed by atoms with Gasteiger partial charge in [0.05, 0.1) is 0 Å². The van der Waals surface area contributed by atoms with Crippen molar-refractivity contribution in [1.29, 1.82) is 0 Å². The minimum absolute atomic E-state index is 0. The van der Waals surface area contributed by atoms with E-state index in [0.29, 0.717) is 6.04 Å². The van der Waals surface area contributed by atoms with Crippen LogP contribution in [0, 0.1) is 0 Å². The summed E-state index contributed by atoms with van der Waals surface area (Å²) in [6.45, 7) is 4.87. The molecule has 0 amide bonds. The molecule has 96 valence electrons. The van der Waals surface area contributed by atoms with Crippen LogP contribution in [-0.4, -0.2) is 18.0 Å². The Labute approximate surface area is 112 Å². The molecule has 2 heteroatoms. The van der Waals surface area contributed by atoms with Crippen LogP contribution < -0.4 is 0 Å². The maximum atomic E-state index is 2.67. The van der Waals surface area contributed by atoms with Gasteiger partial charge in [-0.15, -0.1) is 12.4 Å². The highest BCUT2D eigenvalue weighted by Crippen LogP contribution is 2.29. The molecular formula is C15H24ClN. The Bertz CT molecular complexity index is 293. The summed E-state index contributed by atoms with van der Waals surface area (Å²) < 4.78 is 0. The van der Waals surface area contributed by atoms with Crippen molar-refractivity contribution >= 4 is 12.4 Å². The topological polar surface area (TPSA) is 3.24 Å². The van der Waals surface area contributed by atoms with E-state index >= 15 is 0 Å². The molecule has 1 nitrogen and oxygen atoms in total. The Morgan fingerprint density at radius 2 is 1.76 bits per heavy atom. The first kappa shape index (κ1) is 14.5. The van der Waals surface area contributed by atoms with E-state index < -0.39 is 0 Å². The summed E-state index contributed by atoms with van der Waals surface area (Å²) >= 11 is 0. The van der Waals surface area contributed by atoms with Crippen LogP contribution in [-0.2, 0) is 0 Å². The van der Waals surface area contributed by atoms with E-state index in [1.54, 1.807) is 0 Å². The molecule has 1 saturated heterocycles. The number of unbranched alkanes of at least 4 members (excludes halogenated alkanes) is 1. The predicted octanol–water partition coefficient (Wildman–Crippen LogP) is 4.44. The summed E-state index contributed by atoms with van der Waals surface area (Å²) in [5.74, 6) is 0. The number of nitrogens with zero attached hydrogens (tertiary/aromatic N) is 1. The molecule has 0 saturated carbocycles. The van der Waals surface area contributed by atoms with E-state index in [2.05, 4.69) is 42.2 Å². The summed E-state index contributed by atoms with van der Waals surface area (Å²) in [4.78, 5) is 2.67. The van der Waals surface area contributed by atoms with Crippen LogP contribution in [0.2, 0.25) is 0 Å². The summed E-state index contributed by atoms with van der Waals surface area (Å²) in [5, 5.41) is 0. The molecule has 1 aromatic carbocycles. The first-order chi connectivity index (χ1) is 7.92. The number of benzene rings is 1. The zero-order valence-electron chi connectivity index (χ0n) is 10.8. The largest absolute Gasteiger partial charge is 0.296 e. The molecule has 1 atom stereocenters. The van der Waals surface area contributed by atoms with Gasteiger partial charge in [0.15, 0.2) is 0 Å². The second-order valence-corrected chi connectivity index (χ2v) is 4.81. The van der Waals surface area contributed by atoms with Gasteiger partial charge in [-0.25, -0.2) is 0 Å². The molecule has 1 heterocycles. The fourth-order valence-electron chi connectivity index (χ4n) is 2.69. The van der Waals surface area contributed by atoms with Gasteiger partial charge >= 0.3 is 0 Å². The monoisotopic (exact) mass is 253 g/mol. The molecule has 1 aromatic rings. The van der Waals surface area contributed by atoms with Crippen molar-refractivity contribution in [3.8, 4) is 0 Å².